The molecule has 0 bridgehead atoms. The second-order valence-corrected chi connectivity index (χ2v) is 10.4. The molecule has 5 nitrogen and oxygen atoms in total. The normalized spacial score (nSPS) is 11.7. The first-order valence-electron chi connectivity index (χ1n) is 7.92. The Morgan fingerprint density at radius 2 is 1.48 bits per heavy atom. The highest BCUT2D eigenvalue weighted by molar-refractivity contribution is 9.10. The summed E-state index contributed by atoms with van der Waals surface area (Å²) in [5.74, 6) is 0.831. The molecule has 0 radical (unpaired) electrons. The van der Waals surface area contributed by atoms with Crippen molar-refractivity contribution in [1.29, 1.82) is 0 Å². The van der Waals surface area contributed by atoms with Gasteiger partial charge in [0.2, 0.25) is 10.0 Å². The van der Waals surface area contributed by atoms with E-state index in [4.69, 9.17) is 9.47 Å². The summed E-state index contributed by atoms with van der Waals surface area (Å²) in [7, 11) is -0.782. The SMILES string of the molecule is COc1cc(Br)c(S(=O)(=O)N(Cc2cccs2)Cc2cccs2)cc1OC. The summed E-state index contributed by atoms with van der Waals surface area (Å²) in [6.45, 7) is 0.609. The molecule has 0 saturated heterocycles. The molecule has 2 heterocycles. The fourth-order valence-electron chi connectivity index (χ4n) is 2.55. The number of thiophene rings is 2. The van der Waals surface area contributed by atoms with Crippen molar-refractivity contribution in [3.05, 3.63) is 61.4 Å². The Kier molecular flexibility index (Phi) is 6.59. The smallest absolute Gasteiger partial charge is 0.245 e. The summed E-state index contributed by atoms with van der Waals surface area (Å²) in [6.07, 6.45) is 0. The number of hydrogen-bond donors (Lipinski definition) is 0. The number of ether oxygens (including phenoxy) is 2. The van der Waals surface area contributed by atoms with Crippen LogP contribution in [0.2, 0.25) is 0 Å². The number of sulfonamides is 1. The lowest BCUT2D eigenvalue weighted by Crippen LogP contribution is -2.30. The minimum Gasteiger partial charge on any atom is -0.493 e. The van der Waals surface area contributed by atoms with Crippen LogP contribution in [0.15, 0.2) is 56.5 Å². The van der Waals surface area contributed by atoms with Gasteiger partial charge in [0.1, 0.15) is 4.90 Å². The second kappa shape index (κ2) is 8.74. The molecule has 144 valence electrons. The molecule has 3 aromatic rings. The Balaban J connectivity index is 2.04. The number of hydrogen-bond acceptors (Lipinski definition) is 6. The molecule has 0 spiro atoms. The summed E-state index contributed by atoms with van der Waals surface area (Å²) in [5.41, 5.74) is 0. The number of benzene rings is 1. The van der Waals surface area contributed by atoms with Gasteiger partial charge in [0, 0.05) is 33.4 Å². The van der Waals surface area contributed by atoms with Gasteiger partial charge in [-0.3, -0.25) is 0 Å². The Labute approximate surface area is 175 Å². The van der Waals surface area contributed by atoms with Crippen LogP contribution in [0.4, 0.5) is 0 Å². The van der Waals surface area contributed by atoms with Crippen LogP contribution in [0, 0.1) is 0 Å². The van der Waals surface area contributed by atoms with E-state index in [1.807, 2.05) is 35.0 Å². The highest BCUT2D eigenvalue weighted by Gasteiger charge is 2.29. The van der Waals surface area contributed by atoms with Crippen LogP contribution in [-0.4, -0.2) is 26.9 Å². The largest absolute Gasteiger partial charge is 0.493 e. The number of rotatable bonds is 8. The lowest BCUT2D eigenvalue weighted by Gasteiger charge is -2.22. The van der Waals surface area contributed by atoms with Crippen molar-refractivity contribution in [3.8, 4) is 11.5 Å². The highest BCUT2D eigenvalue weighted by atomic mass is 79.9. The average molecular weight is 488 g/mol. The standard InChI is InChI=1S/C18H18BrNO4S3/c1-23-16-9-15(19)18(10-17(16)24-2)27(21,22)20(11-13-5-3-7-25-13)12-14-6-4-8-26-14/h3-10H,11-12H2,1-2H3. The summed E-state index contributed by atoms with van der Waals surface area (Å²) < 4.78 is 39.4. The lowest BCUT2D eigenvalue weighted by molar-refractivity contribution is 0.353. The zero-order valence-corrected chi connectivity index (χ0v) is 18.8. The molecule has 0 amide bonds. The first kappa shape index (κ1) is 20.3. The van der Waals surface area contributed by atoms with Gasteiger partial charge in [0.05, 0.1) is 14.2 Å². The fraction of sp³-hybridized carbons (Fsp3) is 0.222. The molecular formula is C18H18BrNO4S3. The summed E-state index contributed by atoms with van der Waals surface area (Å²) in [5, 5.41) is 3.88. The van der Waals surface area contributed by atoms with Crippen molar-refractivity contribution in [2.45, 2.75) is 18.0 Å². The van der Waals surface area contributed by atoms with Crippen molar-refractivity contribution in [1.82, 2.24) is 4.31 Å². The maximum atomic E-state index is 13.5. The van der Waals surface area contributed by atoms with E-state index in [9.17, 15) is 8.42 Å². The summed E-state index contributed by atoms with van der Waals surface area (Å²) >= 11 is 6.44. The van der Waals surface area contributed by atoms with Crippen LogP contribution in [0.5, 0.6) is 11.5 Å². The summed E-state index contributed by atoms with van der Waals surface area (Å²) in [4.78, 5) is 2.10. The first-order valence-corrected chi connectivity index (χ1v) is 11.9. The van der Waals surface area contributed by atoms with Crippen LogP contribution >= 0.6 is 38.6 Å². The monoisotopic (exact) mass is 487 g/mol. The molecule has 0 N–H and O–H groups in total. The van der Waals surface area contributed by atoms with E-state index in [0.29, 0.717) is 29.1 Å². The van der Waals surface area contributed by atoms with E-state index in [-0.39, 0.29) is 4.90 Å². The molecule has 2 aromatic heterocycles. The van der Waals surface area contributed by atoms with E-state index in [1.165, 1.54) is 47.3 Å². The third kappa shape index (κ3) is 4.55. The molecule has 3 rings (SSSR count). The highest BCUT2D eigenvalue weighted by Crippen LogP contribution is 2.37. The first-order chi connectivity index (χ1) is 13.0. The van der Waals surface area contributed by atoms with Crippen molar-refractivity contribution in [3.63, 3.8) is 0 Å². The zero-order valence-electron chi connectivity index (χ0n) is 14.7. The van der Waals surface area contributed by atoms with E-state index in [0.717, 1.165) is 9.75 Å². The molecule has 9 heteroatoms. The molecular weight excluding hydrogens is 470 g/mol. The van der Waals surface area contributed by atoms with Gasteiger partial charge in [-0.1, -0.05) is 12.1 Å². The Morgan fingerprint density at radius 3 is 1.93 bits per heavy atom. The van der Waals surface area contributed by atoms with Gasteiger partial charge in [-0.2, -0.15) is 4.31 Å². The molecule has 1 aromatic carbocycles. The Bertz CT molecular complexity index is 950. The van der Waals surface area contributed by atoms with Gasteiger partial charge >= 0.3 is 0 Å². The number of halogens is 1. The average Bonchev–Trinajstić information content (AvgIpc) is 3.34. The van der Waals surface area contributed by atoms with E-state index < -0.39 is 10.0 Å². The van der Waals surface area contributed by atoms with Crippen LogP contribution in [-0.2, 0) is 23.1 Å². The van der Waals surface area contributed by atoms with E-state index >= 15 is 0 Å². The maximum Gasteiger partial charge on any atom is 0.245 e. The maximum absolute atomic E-state index is 13.5. The van der Waals surface area contributed by atoms with E-state index in [2.05, 4.69) is 15.9 Å². The Hall–Kier alpha value is -1.39. The minimum absolute atomic E-state index is 0.147. The topological polar surface area (TPSA) is 55.8 Å². The van der Waals surface area contributed by atoms with Crippen LogP contribution in [0.1, 0.15) is 9.75 Å². The van der Waals surface area contributed by atoms with Gasteiger partial charge < -0.3 is 9.47 Å². The van der Waals surface area contributed by atoms with Crippen LogP contribution in [0.25, 0.3) is 0 Å². The van der Waals surface area contributed by atoms with Crippen LogP contribution < -0.4 is 9.47 Å². The van der Waals surface area contributed by atoms with Gasteiger partial charge in [-0.15, -0.1) is 22.7 Å². The number of nitrogens with zero attached hydrogens (tertiary/aromatic N) is 1. The Morgan fingerprint density at radius 1 is 0.963 bits per heavy atom. The third-order valence-electron chi connectivity index (χ3n) is 3.88. The summed E-state index contributed by atoms with van der Waals surface area (Å²) in [6, 6.07) is 10.8. The predicted octanol–water partition coefficient (Wildman–Crippen LogP) is 4.98. The minimum atomic E-state index is -3.78. The van der Waals surface area contributed by atoms with Crippen LogP contribution in [0.3, 0.4) is 0 Å². The molecule has 0 aliphatic rings. The molecule has 0 unspecified atom stereocenters. The van der Waals surface area contributed by atoms with Crippen molar-refractivity contribution in [2.24, 2.45) is 0 Å². The lowest BCUT2D eigenvalue weighted by atomic mass is 10.3. The van der Waals surface area contributed by atoms with Gasteiger partial charge in [-0.25, -0.2) is 8.42 Å². The third-order valence-corrected chi connectivity index (χ3v) is 8.35. The quantitative estimate of drug-likeness (QED) is 0.449. The fourth-order valence-corrected chi connectivity index (χ4v) is 6.55. The second-order valence-electron chi connectivity index (χ2n) is 5.57. The predicted molar refractivity (Wildman–Crippen MR) is 112 cm³/mol. The number of methoxy groups -OCH3 is 2. The van der Waals surface area contributed by atoms with Gasteiger partial charge in [0.15, 0.2) is 11.5 Å². The molecule has 0 saturated carbocycles. The molecule has 0 aliphatic carbocycles. The van der Waals surface area contributed by atoms with Gasteiger partial charge in [-0.05, 0) is 44.9 Å². The molecule has 0 atom stereocenters. The van der Waals surface area contributed by atoms with E-state index in [1.54, 1.807) is 6.07 Å². The molecule has 0 fully saturated rings. The van der Waals surface area contributed by atoms with Gasteiger partial charge in [0.25, 0.3) is 0 Å². The zero-order chi connectivity index (χ0) is 19.4. The molecule has 27 heavy (non-hydrogen) atoms. The van der Waals surface area contributed by atoms with Crippen molar-refractivity contribution >= 4 is 48.6 Å². The molecule has 0 aliphatic heterocycles. The van der Waals surface area contributed by atoms with Crippen molar-refractivity contribution in [2.75, 3.05) is 14.2 Å². The van der Waals surface area contributed by atoms with Crippen molar-refractivity contribution < 1.29 is 17.9 Å².